The van der Waals surface area contributed by atoms with Crippen LogP contribution in [0.1, 0.15) is 54.7 Å². The highest BCUT2D eigenvalue weighted by molar-refractivity contribution is 5.91. The predicted molar refractivity (Wildman–Crippen MR) is 119 cm³/mol. The Morgan fingerprint density at radius 2 is 1.74 bits per heavy atom. The molecule has 1 aliphatic heterocycles. The fourth-order valence-corrected chi connectivity index (χ4v) is 4.41. The molecule has 0 spiro atoms. The highest BCUT2D eigenvalue weighted by atomic mass is 16.5. The maximum Gasteiger partial charge on any atom is 0.318 e. The number of amides is 1. The van der Waals surface area contributed by atoms with Crippen LogP contribution in [-0.2, 0) is 20.8 Å². The van der Waals surface area contributed by atoms with Crippen molar-refractivity contribution in [3.05, 3.63) is 70.8 Å². The zero-order valence-electron chi connectivity index (χ0n) is 17.6. The Labute approximate surface area is 182 Å². The first-order chi connectivity index (χ1) is 15.1. The van der Waals surface area contributed by atoms with E-state index in [0.29, 0.717) is 11.3 Å². The molecule has 1 heterocycles. The van der Waals surface area contributed by atoms with E-state index in [0.717, 1.165) is 62.6 Å². The van der Waals surface area contributed by atoms with Gasteiger partial charge in [0.2, 0.25) is 5.91 Å². The van der Waals surface area contributed by atoms with Gasteiger partial charge in [0.05, 0.1) is 12.3 Å². The van der Waals surface area contributed by atoms with Gasteiger partial charge in [-0.2, -0.15) is 0 Å². The molecule has 5 nitrogen and oxygen atoms in total. The average Bonchev–Trinajstić information content (AvgIpc) is 3.34. The number of rotatable bonds is 6. The highest BCUT2D eigenvalue weighted by Gasteiger charge is 2.27. The molecule has 1 amide bonds. The summed E-state index contributed by atoms with van der Waals surface area (Å²) >= 11 is 0. The minimum atomic E-state index is -0.236. The van der Waals surface area contributed by atoms with E-state index >= 15 is 0 Å². The van der Waals surface area contributed by atoms with Crippen LogP contribution < -0.4 is 4.74 Å². The molecule has 1 aliphatic carbocycles. The zero-order chi connectivity index (χ0) is 21.6. The van der Waals surface area contributed by atoms with Gasteiger partial charge in [0, 0.05) is 18.7 Å². The van der Waals surface area contributed by atoms with Crippen molar-refractivity contribution in [1.82, 2.24) is 4.90 Å². The molecule has 0 bridgehead atoms. The quantitative estimate of drug-likeness (QED) is 0.304. The molecule has 0 saturated carbocycles. The Morgan fingerprint density at radius 1 is 1.00 bits per heavy atom. The molecule has 0 radical (unpaired) electrons. The van der Waals surface area contributed by atoms with E-state index in [2.05, 4.69) is 6.07 Å². The number of carbonyl (C=O) groups is 3. The highest BCUT2D eigenvalue weighted by Crippen LogP contribution is 2.32. The molecule has 160 valence electrons. The van der Waals surface area contributed by atoms with E-state index in [1.807, 2.05) is 23.1 Å². The normalized spacial score (nSPS) is 18.4. The lowest BCUT2D eigenvalue weighted by Crippen LogP contribution is -2.27. The fraction of sp³-hybridized carbons (Fsp3) is 0.346. The van der Waals surface area contributed by atoms with Gasteiger partial charge in [0.15, 0.2) is 0 Å². The van der Waals surface area contributed by atoms with Crippen LogP contribution >= 0.6 is 0 Å². The number of likely N-dealkylation sites (tertiary alicyclic amines) is 1. The molecule has 1 saturated heterocycles. The molecule has 2 aromatic carbocycles. The third kappa shape index (κ3) is 5.10. The van der Waals surface area contributed by atoms with Crippen LogP contribution in [0.3, 0.4) is 0 Å². The molecule has 2 aromatic rings. The summed E-state index contributed by atoms with van der Waals surface area (Å²) in [4.78, 5) is 38.3. The third-order valence-electron chi connectivity index (χ3n) is 6.07. The van der Waals surface area contributed by atoms with Crippen molar-refractivity contribution in [3.63, 3.8) is 0 Å². The number of aryl methyl sites for hydroxylation is 1. The van der Waals surface area contributed by atoms with Gasteiger partial charge < -0.3 is 9.64 Å². The second-order valence-electron chi connectivity index (χ2n) is 8.24. The van der Waals surface area contributed by atoms with E-state index in [1.165, 1.54) is 5.56 Å². The van der Waals surface area contributed by atoms with Crippen molar-refractivity contribution in [2.75, 3.05) is 13.1 Å². The van der Waals surface area contributed by atoms with Gasteiger partial charge in [-0.05, 0) is 67.0 Å². The molecule has 0 N–H and O–H groups in total. The van der Waals surface area contributed by atoms with Gasteiger partial charge in [-0.3, -0.25) is 14.4 Å². The summed E-state index contributed by atoms with van der Waals surface area (Å²) in [7, 11) is 0. The Hall–Kier alpha value is -3.21. The van der Waals surface area contributed by atoms with Crippen LogP contribution in [-0.4, -0.2) is 36.2 Å². The number of esters is 1. The van der Waals surface area contributed by atoms with E-state index in [4.69, 9.17) is 4.74 Å². The first-order valence-electron chi connectivity index (χ1n) is 11.0. The van der Waals surface area contributed by atoms with Crippen LogP contribution in [0.25, 0.3) is 6.08 Å². The lowest BCUT2D eigenvalue weighted by atomic mass is 9.83. The van der Waals surface area contributed by atoms with Gasteiger partial charge in [-0.1, -0.05) is 36.4 Å². The summed E-state index contributed by atoms with van der Waals surface area (Å²) < 4.78 is 5.64. The first kappa shape index (κ1) is 21.0. The van der Waals surface area contributed by atoms with E-state index in [-0.39, 0.29) is 24.2 Å². The predicted octanol–water partition coefficient (Wildman–Crippen LogP) is 4.31. The maximum atomic E-state index is 12.8. The van der Waals surface area contributed by atoms with E-state index in [1.54, 1.807) is 30.3 Å². The first-order valence-corrected chi connectivity index (χ1v) is 11.0. The number of ether oxygens (including phenoxy) is 1. The molecular formula is C26H27NO4. The number of hydrogen-bond acceptors (Lipinski definition) is 4. The van der Waals surface area contributed by atoms with Crippen molar-refractivity contribution in [1.29, 1.82) is 0 Å². The Bertz CT molecular complexity index is 987. The summed E-state index contributed by atoms with van der Waals surface area (Å²) in [5.74, 6) is 0.00295. The number of nitrogens with zero attached hydrogens (tertiary/aromatic N) is 1. The Morgan fingerprint density at radius 3 is 2.48 bits per heavy atom. The second kappa shape index (κ2) is 9.73. The number of fused-ring (bicyclic) bond motifs is 1. The lowest BCUT2D eigenvalue weighted by Gasteiger charge is -2.23. The van der Waals surface area contributed by atoms with Crippen molar-refractivity contribution in [2.45, 2.75) is 44.4 Å². The number of benzene rings is 2. The molecule has 1 fully saturated rings. The largest absolute Gasteiger partial charge is 0.426 e. The maximum absolute atomic E-state index is 12.8. The molecule has 5 heteroatoms. The number of carbonyl (C=O) groups excluding carboxylic acids is 3. The molecule has 0 aromatic heterocycles. The molecule has 2 aliphatic rings. The lowest BCUT2D eigenvalue weighted by molar-refractivity contribution is -0.136. The molecule has 1 unspecified atom stereocenters. The number of aldehydes is 1. The van der Waals surface area contributed by atoms with E-state index < -0.39 is 0 Å². The Kier molecular flexibility index (Phi) is 6.60. The van der Waals surface area contributed by atoms with Crippen LogP contribution in [0, 0.1) is 0 Å². The van der Waals surface area contributed by atoms with Crippen molar-refractivity contribution < 1.29 is 19.1 Å². The number of hydrogen-bond donors (Lipinski definition) is 0. The standard InChI is InChI=1S/C26H27NO4/c28-18-20(17-25(29)27-14-3-4-15-27)16-19-10-12-22(13-11-19)31-26(30)24-9-5-7-21-6-1-2-8-23(21)24/h1-2,6,8,10-13,16,18,24H,3-5,7,9,14-15,17H2. The van der Waals surface area contributed by atoms with Crippen molar-refractivity contribution >= 4 is 24.2 Å². The van der Waals surface area contributed by atoms with Crippen LogP contribution in [0.15, 0.2) is 54.1 Å². The zero-order valence-corrected chi connectivity index (χ0v) is 17.6. The van der Waals surface area contributed by atoms with Gasteiger partial charge in [-0.25, -0.2) is 0 Å². The monoisotopic (exact) mass is 417 g/mol. The van der Waals surface area contributed by atoms with E-state index in [9.17, 15) is 14.4 Å². The summed E-state index contributed by atoms with van der Waals surface area (Å²) in [6.45, 7) is 1.55. The topological polar surface area (TPSA) is 63.7 Å². The second-order valence-corrected chi connectivity index (χ2v) is 8.24. The van der Waals surface area contributed by atoms with Crippen LogP contribution in [0.2, 0.25) is 0 Å². The molecule has 31 heavy (non-hydrogen) atoms. The van der Waals surface area contributed by atoms with Gasteiger partial charge in [0.25, 0.3) is 0 Å². The van der Waals surface area contributed by atoms with Crippen molar-refractivity contribution in [3.8, 4) is 5.75 Å². The van der Waals surface area contributed by atoms with Gasteiger partial charge in [0.1, 0.15) is 12.0 Å². The SMILES string of the molecule is O=CC(=Cc1ccc(OC(=O)C2CCCc3ccccc32)cc1)CC(=O)N1CCCC1. The smallest absolute Gasteiger partial charge is 0.318 e. The molecular weight excluding hydrogens is 390 g/mol. The Balaban J connectivity index is 1.40. The summed E-state index contributed by atoms with van der Waals surface area (Å²) in [5, 5.41) is 0. The summed E-state index contributed by atoms with van der Waals surface area (Å²) in [6.07, 6.45) is 7.39. The van der Waals surface area contributed by atoms with Gasteiger partial charge in [-0.15, -0.1) is 0 Å². The molecule has 1 atom stereocenters. The van der Waals surface area contributed by atoms with Gasteiger partial charge >= 0.3 is 5.97 Å². The summed E-state index contributed by atoms with van der Waals surface area (Å²) in [5.41, 5.74) is 3.53. The minimum absolute atomic E-state index is 0.00540. The summed E-state index contributed by atoms with van der Waals surface area (Å²) in [6, 6.07) is 15.1. The van der Waals surface area contributed by atoms with Crippen molar-refractivity contribution in [2.24, 2.45) is 0 Å². The molecule has 4 rings (SSSR count). The van der Waals surface area contributed by atoms with Crippen LogP contribution in [0.4, 0.5) is 0 Å². The fourth-order valence-electron chi connectivity index (χ4n) is 4.41. The third-order valence-corrected chi connectivity index (χ3v) is 6.07. The average molecular weight is 418 g/mol. The van der Waals surface area contributed by atoms with Crippen LogP contribution in [0.5, 0.6) is 5.75 Å². The minimum Gasteiger partial charge on any atom is -0.426 e.